The summed E-state index contributed by atoms with van der Waals surface area (Å²) in [5, 5.41) is 10.4. The SMILES string of the molecule is C=CCN(Cc1ccccc1)C(=O)[C@H]1[C@@H]2SC3(CC2Br)C(C(=O)N(CC=C)c2ccc(OC)cc2)N([C@@H](CO)C(C)C)C(=O)[C@H]13. The first-order valence-electron chi connectivity index (χ1n) is 15.4. The summed E-state index contributed by atoms with van der Waals surface area (Å²) in [6.07, 6.45) is 3.93. The highest BCUT2D eigenvalue weighted by atomic mass is 79.9. The van der Waals surface area contributed by atoms with Crippen molar-refractivity contribution in [2.45, 2.75) is 53.7 Å². The number of carbonyl (C=O) groups excluding carboxylic acids is 3. The second-order valence-corrected chi connectivity index (χ2v) is 15.0. The second kappa shape index (κ2) is 13.7. The van der Waals surface area contributed by atoms with Gasteiger partial charge >= 0.3 is 0 Å². The average Bonchev–Trinajstić information content (AvgIpc) is 3.63. The molecule has 10 heteroatoms. The molecule has 3 saturated heterocycles. The Morgan fingerprint density at radius 1 is 1.11 bits per heavy atom. The Kier molecular flexibility index (Phi) is 10.2. The molecule has 3 amide bonds. The molecule has 0 saturated carbocycles. The maximum atomic E-state index is 14.9. The molecular formula is C35H42BrN3O5S. The van der Waals surface area contributed by atoms with Crippen LogP contribution in [-0.4, -0.2) is 86.3 Å². The van der Waals surface area contributed by atoms with E-state index in [1.54, 1.807) is 57.9 Å². The monoisotopic (exact) mass is 695 g/mol. The maximum absolute atomic E-state index is 14.9. The van der Waals surface area contributed by atoms with Gasteiger partial charge in [-0.05, 0) is 42.2 Å². The Hall–Kier alpha value is -3.08. The van der Waals surface area contributed by atoms with E-state index in [1.165, 1.54) is 0 Å². The number of halogens is 1. The number of alkyl halides is 1. The van der Waals surface area contributed by atoms with Gasteiger partial charge in [0.15, 0.2) is 0 Å². The number of carbonyl (C=O) groups is 3. The number of ether oxygens (including phenoxy) is 1. The fraction of sp³-hybridized carbons (Fsp3) is 0.457. The Labute approximate surface area is 278 Å². The van der Waals surface area contributed by atoms with Crippen molar-refractivity contribution in [3.05, 3.63) is 85.5 Å². The quantitative estimate of drug-likeness (QED) is 0.237. The molecule has 8 nitrogen and oxygen atoms in total. The minimum Gasteiger partial charge on any atom is -0.497 e. The lowest BCUT2D eigenvalue weighted by atomic mass is 9.70. The van der Waals surface area contributed by atoms with Gasteiger partial charge in [-0.1, -0.05) is 72.3 Å². The van der Waals surface area contributed by atoms with Crippen molar-refractivity contribution in [3.8, 4) is 5.75 Å². The van der Waals surface area contributed by atoms with E-state index in [0.717, 1.165) is 5.56 Å². The van der Waals surface area contributed by atoms with Gasteiger partial charge < -0.3 is 24.5 Å². The zero-order chi connectivity index (χ0) is 32.5. The van der Waals surface area contributed by atoms with Gasteiger partial charge in [-0.15, -0.1) is 24.9 Å². The van der Waals surface area contributed by atoms with E-state index in [4.69, 9.17) is 4.74 Å². The maximum Gasteiger partial charge on any atom is 0.251 e. The minimum absolute atomic E-state index is 0.0708. The van der Waals surface area contributed by atoms with Crippen LogP contribution in [0.15, 0.2) is 79.9 Å². The Morgan fingerprint density at radius 2 is 1.78 bits per heavy atom. The summed E-state index contributed by atoms with van der Waals surface area (Å²) in [7, 11) is 1.59. The lowest BCUT2D eigenvalue weighted by Gasteiger charge is -2.41. The van der Waals surface area contributed by atoms with Crippen LogP contribution < -0.4 is 9.64 Å². The van der Waals surface area contributed by atoms with Crippen LogP contribution in [0.3, 0.4) is 0 Å². The predicted molar refractivity (Wildman–Crippen MR) is 182 cm³/mol. The molecule has 3 unspecified atom stereocenters. The Balaban J connectivity index is 1.59. The number of benzene rings is 2. The van der Waals surface area contributed by atoms with Crippen molar-refractivity contribution in [2.24, 2.45) is 17.8 Å². The highest BCUT2D eigenvalue weighted by Crippen LogP contribution is 2.68. The number of rotatable bonds is 13. The molecule has 240 valence electrons. The third kappa shape index (κ3) is 5.85. The van der Waals surface area contributed by atoms with E-state index in [1.807, 2.05) is 56.3 Å². The van der Waals surface area contributed by atoms with Crippen molar-refractivity contribution in [3.63, 3.8) is 0 Å². The Morgan fingerprint density at radius 3 is 2.36 bits per heavy atom. The molecule has 0 aromatic heterocycles. The summed E-state index contributed by atoms with van der Waals surface area (Å²) in [4.78, 5) is 49.2. The highest BCUT2D eigenvalue weighted by molar-refractivity contribution is 9.09. The van der Waals surface area contributed by atoms with Crippen LogP contribution >= 0.6 is 27.7 Å². The number of anilines is 1. The molecule has 2 aromatic rings. The second-order valence-electron chi connectivity index (χ2n) is 12.3. The molecule has 0 aliphatic carbocycles. The third-order valence-corrected chi connectivity index (χ3v) is 12.6. The number of amides is 3. The molecule has 1 N–H and O–H groups in total. The number of hydrogen-bond donors (Lipinski definition) is 1. The van der Waals surface area contributed by atoms with Crippen LogP contribution in [0, 0.1) is 17.8 Å². The number of methoxy groups -OCH3 is 1. The molecule has 5 rings (SSSR count). The molecule has 3 aliphatic heterocycles. The van der Waals surface area contributed by atoms with E-state index >= 15 is 0 Å². The smallest absolute Gasteiger partial charge is 0.251 e. The molecule has 7 atom stereocenters. The number of hydrogen-bond acceptors (Lipinski definition) is 6. The van der Waals surface area contributed by atoms with E-state index < -0.39 is 28.7 Å². The number of likely N-dealkylation sites (tertiary alicyclic amines) is 1. The van der Waals surface area contributed by atoms with Gasteiger partial charge in [0.2, 0.25) is 11.8 Å². The normalized spacial score (nSPS) is 27.3. The number of aliphatic hydroxyl groups is 1. The van der Waals surface area contributed by atoms with Gasteiger partial charge in [0.25, 0.3) is 5.91 Å². The summed E-state index contributed by atoms with van der Waals surface area (Å²) in [5.74, 6) is -1.40. The molecule has 3 fully saturated rings. The first-order valence-corrected chi connectivity index (χ1v) is 17.2. The first-order chi connectivity index (χ1) is 21.6. The van der Waals surface area contributed by atoms with Crippen LogP contribution in [0.2, 0.25) is 0 Å². The van der Waals surface area contributed by atoms with E-state index in [-0.39, 0.29) is 46.9 Å². The molecule has 3 heterocycles. The lowest BCUT2D eigenvalue weighted by Crippen LogP contribution is -2.59. The van der Waals surface area contributed by atoms with Gasteiger partial charge in [-0.3, -0.25) is 14.4 Å². The van der Waals surface area contributed by atoms with E-state index in [0.29, 0.717) is 30.9 Å². The molecule has 0 radical (unpaired) electrons. The molecule has 1 spiro atoms. The van der Waals surface area contributed by atoms with E-state index in [9.17, 15) is 19.5 Å². The Bertz CT molecular complexity index is 1420. The zero-order valence-electron chi connectivity index (χ0n) is 26.1. The summed E-state index contributed by atoms with van der Waals surface area (Å²) < 4.78 is 4.48. The summed E-state index contributed by atoms with van der Waals surface area (Å²) in [6, 6.07) is 15.5. The first kappa shape index (κ1) is 33.3. The summed E-state index contributed by atoms with van der Waals surface area (Å²) >= 11 is 5.47. The topological polar surface area (TPSA) is 90.4 Å². The number of nitrogens with zero attached hydrogens (tertiary/aromatic N) is 3. The van der Waals surface area contributed by atoms with Crippen molar-refractivity contribution >= 4 is 51.1 Å². The van der Waals surface area contributed by atoms with Gasteiger partial charge in [0, 0.05) is 35.4 Å². The van der Waals surface area contributed by atoms with Crippen LogP contribution in [0.4, 0.5) is 5.69 Å². The summed E-state index contributed by atoms with van der Waals surface area (Å²) in [5.41, 5.74) is 1.64. The van der Waals surface area contributed by atoms with Gasteiger partial charge in [0.05, 0.1) is 36.3 Å². The van der Waals surface area contributed by atoms with Crippen LogP contribution in [-0.2, 0) is 20.9 Å². The number of fused-ring (bicyclic) bond motifs is 1. The van der Waals surface area contributed by atoms with Crippen LogP contribution in [0.1, 0.15) is 25.8 Å². The molecule has 2 bridgehead atoms. The largest absolute Gasteiger partial charge is 0.497 e. The molecule has 2 aromatic carbocycles. The average molecular weight is 697 g/mol. The molecule has 3 aliphatic rings. The predicted octanol–water partition coefficient (Wildman–Crippen LogP) is 4.91. The minimum atomic E-state index is -0.883. The van der Waals surface area contributed by atoms with E-state index in [2.05, 4.69) is 29.1 Å². The summed E-state index contributed by atoms with van der Waals surface area (Å²) in [6.45, 7) is 12.4. The van der Waals surface area contributed by atoms with Crippen molar-refractivity contribution < 1.29 is 24.2 Å². The third-order valence-electron chi connectivity index (χ3n) is 9.40. The fourth-order valence-corrected chi connectivity index (χ4v) is 11.0. The fourth-order valence-electron chi connectivity index (χ4n) is 7.37. The van der Waals surface area contributed by atoms with Crippen LogP contribution in [0.5, 0.6) is 5.75 Å². The zero-order valence-corrected chi connectivity index (χ0v) is 28.5. The number of thioether (sulfide) groups is 1. The standard InChI is InChI=1S/C35H42BrN3O5S/c1-6-17-37(20-23-11-9-8-10-12-23)32(41)28-29-33(42)39(27(21-40)22(3)4)31(35(29)19-26(36)30(28)45-35)34(43)38(18-7-2)24-13-15-25(44-5)16-14-24/h6-16,22,26-31,40H,1-2,17-21H2,3-5H3/t26?,27-,28+,29-,30+,31?,35?/m0/s1. The van der Waals surface area contributed by atoms with Gasteiger partial charge in [-0.25, -0.2) is 0 Å². The van der Waals surface area contributed by atoms with Gasteiger partial charge in [0.1, 0.15) is 11.8 Å². The van der Waals surface area contributed by atoms with Crippen molar-refractivity contribution in [2.75, 3.05) is 31.7 Å². The van der Waals surface area contributed by atoms with Gasteiger partial charge in [-0.2, -0.15) is 0 Å². The van der Waals surface area contributed by atoms with Crippen LogP contribution in [0.25, 0.3) is 0 Å². The van der Waals surface area contributed by atoms with Crippen molar-refractivity contribution in [1.82, 2.24) is 9.80 Å². The highest BCUT2D eigenvalue weighted by Gasteiger charge is 2.76. The lowest BCUT2D eigenvalue weighted by molar-refractivity contribution is -0.146. The number of aliphatic hydroxyl groups excluding tert-OH is 1. The van der Waals surface area contributed by atoms with Crippen molar-refractivity contribution in [1.29, 1.82) is 0 Å². The molecular weight excluding hydrogens is 654 g/mol. The molecule has 45 heavy (non-hydrogen) atoms.